The summed E-state index contributed by atoms with van der Waals surface area (Å²) in [6, 6.07) is 21.0. The third kappa shape index (κ3) is 3.96. The van der Waals surface area contributed by atoms with Crippen LogP contribution >= 0.6 is 0 Å². The molecule has 4 rings (SSSR count). The molecule has 2 aromatic rings. The molecular weight excluding hydrogens is 318 g/mol. The van der Waals surface area contributed by atoms with Crippen LogP contribution in [0.5, 0.6) is 5.75 Å². The Balaban J connectivity index is 1.33. The number of hydrogen-bond acceptors (Lipinski definition) is 2. The number of hydrogen-bond donors (Lipinski definition) is 1. The standard InChI is InChI=1S/C24H31NO/c1-18(7-8-19-9-13-24(26)14-10-19)25-22-11-12-23(25)17-21(16-22)15-20-5-3-2-4-6-20/h2-6,9-10,13-14,18,21-23,26H,7-8,11-12,15-17H2,1H3. The number of phenolic OH excluding ortho intramolecular Hbond substituents is 1. The Hall–Kier alpha value is -1.80. The molecule has 2 aliphatic rings. The molecule has 138 valence electrons. The Morgan fingerprint density at radius 3 is 2.23 bits per heavy atom. The topological polar surface area (TPSA) is 23.5 Å². The molecule has 26 heavy (non-hydrogen) atoms. The van der Waals surface area contributed by atoms with Gasteiger partial charge in [-0.1, -0.05) is 42.5 Å². The summed E-state index contributed by atoms with van der Waals surface area (Å²) < 4.78 is 0. The largest absolute Gasteiger partial charge is 0.508 e. The molecule has 2 bridgehead atoms. The molecule has 3 atom stereocenters. The molecule has 0 saturated carbocycles. The number of phenols is 1. The molecule has 3 unspecified atom stereocenters. The van der Waals surface area contributed by atoms with E-state index in [-0.39, 0.29) is 0 Å². The molecular formula is C24H31NO. The van der Waals surface area contributed by atoms with Gasteiger partial charge in [0.05, 0.1) is 0 Å². The third-order valence-corrected chi connectivity index (χ3v) is 6.55. The summed E-state index contributed by atoms with van der Waals surface area (Å²) in [5, 5.41) is 9.44. The molecule has 1 N–H and O–H groups in total. The Labute approximate surface area is 157 Å². The first-order chi connectivity index (χ1) is 12.7. The van der Waals surface area contributed by atoms with Gasteiger partial charge in [-0.05, 0) is 81.0 Å². The van der Waals surface area contributed by atoms with E-state index in [4.69, 9.17) is 0 Å². The summed E-state index contributed by atoms with van der Waals surface area (Å²) in [5.41, 5.74) is 2.84. The van der Waals surface area contributed by atoms with Crippen LogP contribution in [-0.4, -0.2) is 28.1 Å². The number of aromatic hydroxyl groups is 1. The first-order valence-electron chi connectivity index (χ1n) is 10.3. The van der Waals surface area contributed by atoms with Gasteiger partial charge >= 0.3 is 0 Å². The fourth-order valence-corrected chi connectivity index (χ4v) is 5.35. The molecule has 2 heteroatoms. The zero-order chi connectivity index (χ0) is 17.9. The van der Waals surface area contributed by atoms with E-state index >= 15 is 0 Å². The average molecular weight is 350 g/mol. The minimum atomic E-state index is 0.361. The number of nitrogens with zero attached hydrogens (tertiary/aromatic N) is 1. The molecule has 0 spiro atoms. The van der Waals surface area contributed by atoms with Gasteiger partial charge in [0.15, 0.2) is 0 Å². The van der Waals surface area contributed by atoms with Gasteiger partial charge in [0.25, 0.3) is 0 Å². The molecule has 0 aliphatic carbocycles. The summed E-state index contributed by atoms with van der Waals surface area (Å²) in [6.07, 6.45) is 9.08. The maximum Gasteiger partial charge on any atom is 0.115 e. The molecule has 2 aliphatic heterocycles. The molecule has 2 fully saturated rings. The first kappa shape index (κ1) is 17.6. The van der Waals surface area contributed by atoms with Crippen LogP contribution in [0.15, 0.2) is 54.6 Å². The lowest BCUT2D eigenvalue weighted by Gasteiger charge is -2.43. The molecule has 2 aromatic carbocycles. The van der Waals surface area contributed by atoms with Crippen molar-refractivity contribution in [1.29, 1.82) is 0 Å². The van der Waals surface area contributed by atoms with Crippen molar-refractivity contribution in [3.8, 4) is 5.75 Å². The Kier molecular flexibility index (Phi) is 5.31. The fourth-order valence-electron chi connectivity index (χ4n) is 5.35. The fraction of sp³-hybridized carbons (Fsp3) is 0.500. The molecule has 0 amide bonds. The van der Waals surface area contributed by atoms with Gasteiger partial charge in [0, 0.05) is 18.1 Å². The van der Waals surface area contributed by atoms with Crippen molar-refractivity contribution in [3.05, 3.63) is 65.7 Å². The van der Waals surface area contributed by atoms with Crippen molar-refractivity contribution in [2.75, 3.05) is 0 Å². The minimum absolute atomic E-state index is 0.361. The normalized spacial score (nSPS) is 26.7. The molecule has 2 heterocycles. The Morgan fingerprint density at radius 1 is 0.923 bits per heavy atom. The smallest absolute Gasteiger partial charge is 0.115 e. The highest BCUT2D eigenvalue weighted by molar-refractivity contribution is 5.26. The van der Waals surface area contributed by atoms with Crippen molar-refractivity contribution in [2.45, 2.75) is 70.0 Å². The Morgan fingerprint density at radius 2 is 1.58 bits per heavy atom. The number of benzene rings is 2. The lowest BCUT2D eigenvalue weighted by atomic mass is 9.84. The highest BCUT2D eigenvalue weighted by atomic mass is 16.3. The second-order valence-electron chi connectivity index (χ2n) is 8.41. The molecule has 0 radical (unpaired) electrons. The zero-order valence-electron chi connectivity index (χ0n) is 15.8. The van der Waals surface area contributed by atoms with E-state index in [9.17, 15) is 5.11 Å². The van der Waals surface area contributed by atoms with E-state index in [1.807, 2.05) is 0 Å². The first-order valence-corrected chi connectivity index (χ1v) is 10.3. The van der Waals surface area contributed by atoms with Crippen molar-refractivity contribution in [1.82, 2.24) is 4.90 Å². The molecule has 2 saturated heterocycles. The van der Waals surface area contributed by atoms with E-state index in [0.717, 1.165) is 24.4 Å². The van der Waals surface area contributed by atoms with Gasteiger partial charge in [0.1, 0.15) is 5.75 Å². The summed E-state index contributed by atoms with van der Waals surface area (Å²) in [6.45, 7) is 2.42. The van der Waals surface area contributed by atoms with Crippen molar-refractivity contribution >= 4 is 0 Å². The van der Waals surface area contributed by atoms with Gasteiger partial charge in [-0.15, -0.1) is 0 Å². The SMILES string of the molecule is CC(CCc1ccc(O)cc1)N1C2CCC1CC(Cc1ccccc1)C2. The van der Waals surface area contributed by atoms with Gasteiger partial charge in [0.2, 0.25) is 0 Å². The van der Waals surface area contributed by atoms with E-state index < -0.39 is 0 Å². The average Bonchev–Trinajstić information content (AvgIpc) is 2.93. The van der Waals surface area contributed by atoms with Crippen LogP contribution in [0, 0.1) is 5.92 Å². The minimum Gasteiger partial charge on any atom is -0.508 e. The zero-order valence-corrected chi connectivity index (χ0v) is 15.8. The summed E-state index contributed by atoms with van der Waals surface area (Å²) in [5.74, 6) is 1.22. The molecule has 2 nitrogen and oxygen atoms in total. The van der Waals surface area contributed by atoms with Gasteiger partial charge in [-0.25, -0.2) is 0 Å². The van der Waals surface area contributed by atoms with Gasteiger partial charge in [-0.2, -0.15) is 0 Å². The van der Waals surface area contributed by atoms with E-state index in [0.29, 0.717) is 11.8 Å². The van der Waals surface area contributed by atoms with Crippen LogP contribution in [-0.2, 0) is 12.8 Å². The van der Waals surface area contributed by atoms with Crippen LogP contribution in [0.3, 0.4) is 0 Å². The van der Waals surface area contributed by atoms with Crippen molar-refractivity contribution in [2.24, 2.45) is 5.92 Å². The lowest BCUT2D eigenvalue weighted by Crippen LogP contribution is -2.48. The van der Waals surface area contributed by atoms with Crippen LogP contribution in [0.2, 0.25) is 0 Å². The highest BCUT2D eigenvalue weighted by Gasteiger charge is 2.42. The van der Waals surface area contributed by atoms with Crippen LogP contribution in [0.1, 0.15) is 50.2 Å². The van der Waals surface area contributed by atoms with E-state index in [1.165, 1.54) is 49.7 Å². The summed E-state index contributed by atoms with van der Waals surface area (Å²) in [7, 11) is 0. The van der Waals surface area contributed by atoms with Gasteiger partial charge in [-0.3, -0.25) is 4.90 Å². The van der Waals surface area contributed by atoms with Gasteiger partial charge < -0.3 is 5.11 Å². The highest BCUT2D eigenvalue weighted by Crippen LogP contribution is 2.41. The number of aryl methyl sites for hydroxylation is 1. The van der Waals surface area contributed by atoms with Crippen molar-refractivity contribution < 1.29 is 5.11 Å². The quantitative estimate of drug-likeness (QED) is 0.775. The van der Waals surface area contributed by atoms with Crippen LogP contribution in [0.25, 0.3) is 0 Å². The van der Waals surface area contributed by atoms with E-state index in [2.05, 4.69) is 54.3 Å². The van der Waals surface area contributed by atoms with Crippen molar-refractivity contribution in [3.63, 3.8) is 0 Å². The number of fused-ring (bicyclic) bond motifs is 2. The lowest BCUT2D eigenvalue weighted by molar-refractivity contribution is 0.0627. The summed E-state index contributed by atoms with van der Waals surface area (Å²) in [4.78, 5) is 2.85. The number of piperidine rings is 1. The maximum atomic E-state index is 9.44. The van der Waals surface area contributed by atoms with E-state index in [1.54, 1.807) is 12.1 Å². The number of rotatable bonds is 6. The second kappa shape index (κ2) is 7.84. The monoisotopic (exact) mass is 349 g/mol. The predicted octanol–water partition coefficient (Wildman–Crippen LogP) is 5.20. The Bertz CT molecular complexity index is 682. The van der Waals surface area contributed by atoms with Crippen LogP contribution in [0.4, 0.5) is 0 Å². The maximum absolute atomic E-state index is 9.44. The predicted molar refractivity (Wildman–Crippen MR) is 107 cm³/mol. The van der Waals surface area contributed by atoms with Crippen LogP contribution < -0.4 is 0 Å². The second-order valence-corrected chi connectivity index (χ2v) is 8.41. The summed E-state index contributed by atoms with van der Waals surface area (Å²) >= 11 is 0. The third-order valence-electron chi connectivity index (χ3n) is 6.55. The molecule has 0 aromatic heterocycles.